The smallest absolute Gasteiger partial charge is 0.282 e. The lowest BCUT2D eigenvalue weighted by Crippen LogP contribution is -2.17. The maximum Gasteiger partial charge on any atom is 0.282 e. The van der Waals surface area contributed by atoms with Gasteiger partial charge in [0.1, 0.15) is 5.69 Å². The third kappa shape index (κ3) is 4.04. The van der Waals surface area contributed by atoms with E-state index in [4.69, 9.17) is 5.10 Å². The lowest BCUT2D eigenvalue weighted by atomic mass is 10.0. The van der Waals surface area contributed by atoms with Crippen molar-refractivity contribution >= 4 is 16.6 Å². The predicted molar refractivity (Wildman–Crippen MR) is 142 cm³/mol. The van der Waals surface area contributed by atoms with Crippen LogP contribution in [0.2, 0.25) is 0 Å². The van der Waals surface area contributed by atoms with Gasteiger partial charge in [0.15, 0.2) is 0 Å². The van der Waals surface area contributed by atoms with Crippen molar-refractivity contribution in [2.75, 3.05) is 0 Å². The van der Waals surface area contributed by atoms with Gasteiger partial charge < -0.3 is 4.57 Å². The number of fused-ring (bicyclic) bond motifs is 3. The maximum atomic E-state index is 13.5. The molecule has 0 N–H and O–H groups in total. The molecule has 0 saturated heterocycles. The van der Waals surface area contributed by atoms with E-state index in [0.29, 0.717) is 23.5 Å². The summed E-state index contributed by atoms with van der Waals surface area (Å²) in [7, 11) is 0. The summed E-state index contributed by atoms with van der Waals surface area (Å²) in [6, 6.07) is 16.4. The minimum atomic E-state index is -0.147. The average molecular weight is 462 g/mol. The molecular formula is C29H27N5O. The van der Waals surface area contributed by atoms with Crippen molar-refractivity contribution < 1.29 is 0 Å². The average Bonchev–Trinajstić information content (AvgIpc) is 3.49. The first kappa shape index (κ1) is 22.3. The number of allylic oxidation sites excluding steroid dienone is 5. The fourth-order valence-corrected chi connectivity index (χ4v) is 4.39. The predicted octanol–water partition coefficient (Wildman–Crippen LogP) is 5.84. The van der Waals surface area contributed by atoms with E-state index < -0.39 is 0 Å². The van der Waals surface area contributed by atoms with Gasteiger partial charge in [-0.2, -0.15) is 14.9 Å². The number of nitrogens with zero attached hydrogens (tertiary/aromatic N) is 5. The van der Waals surface area contributed by atoms with Crippen LogP contribution in [0.1, 0.15) is 25.0 Å². The summed E-state index contributed by atoms with van der Waals surface area (Å²) in [4.78, 5) is 13.5. The molecule has 1 aromatic heterocycles. The van der Waals surface area contributed by atoms with Gasteiger partial charge in [-0.15, -0.1) is 0 Å². The van der Waals surface area contributed by atoms with Crippen LogP contribution in [0.3, 0.4) is 0 Å². The normalized spacial score (nSPS) is 12.3. The molecule has 5 rings (SSSR count). The third-order valence-electron chi connectivity index (χ3n) is 6.13. The Morgan fingerprint density at radius 2 is 1.91 bits per heavy atom. The number of benzene rings is 2. The van der Waals surface area contributed by atoms with Crippen molar-refractivity contribution in [3.8, 4) is 16.9 Å². The molecule has 6 heteroatoms. The molecule has 0 unspecified atom stereocenters. The van der Waals surface area contributed by atoms with Gasteiger partial charge in [-0.05, 0) is 67.8 Å². The molecule has 0 atom stereocenters. The monoisotopic (exact) mass is 461 g/mol. The second-order valence-electron chi connectivity index (χ2n) is 8.68. The molecule has 6 nitrogen and oxygen atoms in total. The third-order valence-corrected chi connectivity index (χ3v) is 6.13. The van der Waals surface area contributed by atoms with Gasteiger partial charge >= 0.3 is 0 Å². The van der Waals surface area contributed by atoms with Crippen molar-refractivity contribution in [2.45, 2.75) is 27.3 Å². The molecule has 2 aliphatic heterocycles. The fourth-order valence-electron chi connectivity index (χ4n) is 4.39. The van der Waals surface area contributed by atoms with Crippen LogP contribution in [-0.4, -0.2) is 24.1 Å². The van der Waals surface area contributed by atoms with Crippen molar-refractivity contribution in [2.24, 2.45) is 0 Å². The Hall–Kier alpha value is -4.45. The SMILES string of the molecule is C=C(C)/C(=C\C=C/C)n1nc2c3c(C)cccc3n(Cc3ccc(-n4cccn4)cc3)cc-2c1=O. The Bertz CT molecular complexity index is 1610. The van der Waals surface area contributed by atoms with Crippen molar-refractivity contribution in [3.05, 3.63) is 119 Å². The molecule has 174 valence electrons. The number of hydrogen-bond donors (Lipinski definition) is 0. The zero-order valence-corrected chi connectivity index (χ0v) is 20.1. The first-order valence-electron chi connectivity index (χ1n) is 11.6. The van der Waals surface area contributed by atoms with Crippen molar-refractivity contribution in [1.82, 2.24) is 24.1 Å². The lowest BCUT2D eigenvalue weighted by Gasteiger charge is -2.15. The van der Waals surface area contributed by atoms with Gasteiger partial charge in [0.05, 0.1) is 22.5 Å². The summed E-state index contributed by atoms with van der Waals surface area (Å²) in [5.41, 5.74) is 6.86. The van der Waals surface area contributed by atoms with E-state index >= 15 is 0 Å². The molecule has 0 amide bonds. The van der Waals surface area contributed by atoms with Gasteiger partial charge in [-0.3, -0.25) is 4.79 Å². The molecule has 0 saturated carbocycles. The number of pyridine rings is 1. The maximum absolute atomic E-state index is 13.5. The first-order chi connectivity index (χ1) is 17.0. The van der Waals surface area contributed by atoms with Crippen LogP contribution in [0, 0.1) is 6.92 Å². The van der Waals surface area contributed by atoms with E-state index in [9.17, 15) is 4.79 Å². The largest absolute Gasteiger partial charge is 0.342 e. The van der Waals surface area contributed by atoms with E-state index in [1.807, 2.05) is 61.3 Å². The van der Waals surface area contributed by atoms with Crippen molar-refractivity contribution in [1.29, 1.82) is 0 Å². The van der Waals surface area contributed by atoms with Crippen LogP contribution in [0.4, 0.5) is 0 Å². The minimum Gasteiger partial charge on any atom is -0.342 e. The van der Waals surface area contributed by atoms with Crippen LogP contribution < -0.4 is 5.56 Å². The standard InChI is InChI=1S/C29H27N5O/c1-5-6-10-25(20(2)3)34-29(35)24-19-32(26-11-7-9-21(4)27(26)28(24)31-34)18-22-12-14-23(15-13-22)33-17-8-16-30-33/h5-17,19H,2,18H2,1,3-4H3/b6-5-,25-10+. The zero-order valence-electron chi connectivity index (χ0n) is 20.1. The Morgan fingerprint density at radius 3 is 2.60 bits per heavy atom. The fraction of sp³-hybridized carbons (Fsp3) is 0.138. The van der Waals surface area contributed by atoms with Gasteiger partial charge in [-0.25, -0.2) is 4.68 Å². The second-order valence-corrected chi connectivity index (χ2v) is 8.68. The summed E-state index contributed by atoms with van der Waals surface area (Å²) < 4.78 is 5.44. The highest BCUT2D eigenvalue weighted by atomic mass is 16.1. The van der Waals surface area contributed by atoms with E-state index in [2.05, 4.69) is 59.6 Å². The minimum absolute atomic E-state index is 0.147. The highest BCUT2D eigenvalue weighted by Gasteiger charge is 2.23. The van der Waals surface area contributed by atoms with Gasteiger partial charge in [0.25, 0.3) is 5.56 Å². The van der Waals surface area contributed by atoms with E-state index in [0.717, 1.165) is 33.3 Å². The molecule has 3 heterocycles. The van der Waals surface area contributed by atoms with Crippen LogP contribution in [0.15, 0.2) is 102 Å². The van der Waals surface area contributed by atoms with Crippen LogP contribution in [0.5, 0.6) is 0 Å². The Morgan fingerprint density at radius 1 is 1.11 bits per heavy atom. The van der Waals surface area contributed by atoms with Crippen LogP contribution in [0.25, 0.3) is 33.5 Å². The molecule has 0 spiro atoms. The summed E-state index contributed by atoms with van der Waals surface area (Å²) in [5.74, 6) is 0. The van der Waals surface area contributed by atoms with Crippen LogP contribution >= 0.6 is 0 Å². The molecule has 3 aromatic rings. The first-order valence-corrected chi connectivity index (χ1v) is 11.6. The number of aryl methyl sites for hydroxylation is 1. The van der Waals surface area contributed by atoms with E-state index in [1.165, 1.54) is 4.68 Å². The van der Waals surface area contributed by atoms with E-state index in [1.54, 1.807) is 6.20 Å². The number of rotatable bonds is 6. The number of aromatic nitrogens is 5. The second kappa shape index (κ2) is 9.06. The molecule has 0 radical (unpaired) electrons. The molecule has 0 fully saturated rings. The molecule has 35 heavy (non-hydrogen) atoms. The molecule has 0 bridgehead atoms. The zero-order chi connectivity index (χ0) is 24.5. The Kier molecular flexibility index (Phi) is 5.79. The summed E-state index contributed by atoms with van der Waals surface area (Å²) in [6.45, 7) is 10.6. The van der Waals surface area contributed by atoms with E-state index in [-0.39, 0.29) is 5.56 Å². The summed E-state index contributed by atoms with van der Waals surface area (Å²) >= 11 is 0. The van der Waals surface area contributed by atoms with Crippen molar-refractivity contribution in [3.63, 3.8) is 0 Å². The Balaban J connectivity index is 1.67. The molecule has 2 aromatic carbocycles. The lowest BCUT2D eigenvalue weighted by molar-refractivity contribution is 0.823. The van der Waals surface area contributed by atoms with Crippen LogP contribution in [-0.2, 0) is 6.54 Å². The highest BCUT2D eigenvalue weighted by molar-refractivity contribution is 5.96. The Labute approximate surface area is 204 Å². The molecule has 0 aliphatic carbocycles. The number of hydrogen-bond acceptors (Lipinski definition) is 3. The van der Waals surface area contributed by atoms with Gasteiger partial charge in [0.2, 0.25) is 0 Å². The quantitative estimate of drug-likeness (QED) is 0.299. The molecular weight excluding hydrogens is 434 g/mol. The molecule has 2 aliphatic rings. The topological polar surface area (TPSA) is 57.6 Å². The van der Waals surface area contributed by atoms with Gasteiger partial charge in [0, 0.05) is 30.5 Å². The summed E-state index contributed by atoms with van der Waals surface area (Å²) in [5, 5.41) is 10.1. The summed E-state index contributed by atoms with van der Waals surface area (Å²) in [6.07, 6.45) is 11.3. The highest BCUT2D eigenvalue weighted by Crippen LogP contribution is 2.31. The van der Waals surface area contributed by atoms with Gasteiger partial charge in [-0.1, -0.05) is 43.0 Å².